The van der Waals surface area contributed by atoms with E-state index in [0.29, 0.717) is 6.07 Å². The fraction of sp³-hybridized carbons (Fsp3) is 0. The summed E-state index contributed by atoms with van der Waals surface area (Å²) in [7, 11) is -4.63. The predicted molar refractivity (Wildman–Crippen MR) is 84.6 cm³/mol. The van der Waals surface area contributed by atoms with Crippen LogP contribution in [0, 0.1) is 0 Å². The predicted octanol–water partition coefficient (Wildman–Crippen LogP) is 3.16. The van der Waals surface area contributed by atoms with Gasteiger partial charge >= 0.3 is 11.9 Å². The summed E-state index contributed by atoms with van der Waals surface area (Å²) in [6.07, 6.45) is 0. The van der Waals surface area contributed by atoms with E-state index in [4.69, 9.17) is 37.6 Å². The summed E-state index contributed by atoms with van der Waals surface area (Å²) in [5.74, 6) is -2.76. The number of carbonyl (C=O) groups excluding carboxylic acids is 1. The van der Waals surface area contributed by atoms with Gasteiger partial charge in [-0.15, -0.1) is 0 Å². The minimum absolute atomic E-state index is 0.0687. The van der Waals surface area contributed by atoms with Crippen LogP contribution >= 0.6 is 23.2 Å². The number of carbonyl (C=O) groups is 2. The van der Waals surface area contributed by atoms with Crippen LogP contribution in [0.5, 0.6) is 5.75 Å². The average Bonchev–Trinajstić information content (AvgIpc) is 2.49. The molecule has 0 aromatic heterocycles. The van der Waals surface area contributed by atoms with Crippen LogP contribution in [0.1, 0.15) is 20.7 Å². The Morgan fingerprint density at radius 3 is 2.25 bits per heavy atom. The number of carboxylic acid groups (broad SMARTS) is 1. The molecule has 0 radical (unpaired) electrons. The summed E-state index contributed by atoms with van der Waals surface area (Å²) in [5.41, 5.74) is -1.08. The van der Waals surface area contributed by atoms with Gasteiger partial charge < -0.3 is 9.84 Å². The van der Waals surface area contributed by atoms with E-state index >= 15 is 0 Å². The zero-order valence-electron chi connectivity index (χ0n) is 11.6. The smallest absolute Gasteiger partial charge is 0.344 e. The van der Waals surface area contributed by atoms with E-state index < -0.39 is 38.1 Å². The molecule has 0 atom stereocenters. The molecular formula is C14H8Cl2O7S. The van der Waals surface area contributed by atoms with Crippen molar-refractivity contribution in [3.63, 3.8) is 0 Å². The van der Waals surface area contributed by atoms with E-state index in [2.05, 4.69) is 0 Å². The van der Waals surface area contributed by atoms with E-state index in [0.717, 1.165) is 12.1 Å². The van der Waals surface area contributed by atoms with Crippen molar-refractivity contribution in [2.24, 2.45) is 0 Å². The second-order valence-corrected chi connectivity index (χ2v) is 6.72. The molecule has 7 nitrogen and oxygen atoms in total. The van der Waals surface area contributed by atoms with Gasteiger partial charge in [0.1, 0.15) is 0 Å². The van der Waals surface area contributed by atoms with Crippen LogP contribution in [-0.2, 0) is 10.1 Å². The van der Waals surface area contributed by atoms with Crippen molar-refractivity contribution in [2.75, 3.05) is 0 Å². The van der Waals surface area contributed by atoms with Crippen molar-refractivity contribution in [1.82, 2.24) is 0 Å². The van der Waals surface area contributed by atoms with E-state index in [-0.39, 0.29) is 15.8 Å². The second-order valence-electron chi connectivity index (χ2n) is 4.45. The first kappa shape index (κ1) is 18.2. The fourth-order valence-electron chi connectivity index (χ4n) is 1.75. The molecule has 0 fully saturated rings. The quantitative estimate of drug-likeness (QED) is 0.467. The van der Waals surface area contributed by atoms with Crippen molar-refractivity contribution in [3.05, 3.63) is 57.6 Å². The molecule has 0 heterocycles. The third-order valence-corrected chi connectivity index (χ3v) is 4.23. The topological polar surface area (TPSA) is 118 Å². The molecule has 0 amide bonds. The summed E-state index contributed by atoms with van der Waals surface area (Å²) >= 11 is 11.6. The molecule has 10 heteroatoms. The number of carboxylic acids is 1. The fourth-order valence-corrected chi connectivity index (χ4v) is 2.57. The first-order chi connectivity index (χ1) is 11.1. The standard InChI is InChI=1S/C14H8Cl2O7S/c15-7-1-4-11(16)12(5-7)23-14(19)9-3-2-8(24(20,21)22)6-10(9)13(17)18/h1-6H,(H,17,18)(H,20,21,22). The van der Waals surface area contributed by atoms with Gasteiger partial charge in [0, 0.05) is 11.1 Å². The Balaban J connectivity index is 2.46. The van der Waals surface area contributed by atoms with E-state index in [1.165, 1.54) is 18.2 Å². The Bertz CT molecular complexity index is 938. The lowest BCUT2D eigenvalue weighted by atomic mass is 10.1. The number of esters is 1. The van der Waals surface area contributed by atoms with Crippen molar-refractivity contribution < 1.29 is 32.4 Å². The zero-order chi connectivity index (χ0) is 18.1. The van der Waals surface area contributed by atoms with Gasteiger partial charge in [-0.3, -0.25) is 4.55 Å². The number of hydrogen-bond donors (Lipinski definition) is 2. The number of rotatable bonds is 4. The zero-order valence-corrected chi connectivity index (χ0v) is 13.9. The minimum atomic E-state index is -4.63. The molecular weight excluding hydrogens is 383 g/mol. The second kappa shape index (κ2) is 6.78. The van der Waals surface area contributed by atoms with Gasteiger partial charge in [0.2, 0.25) is 0 Å². The Hall–Kier alpha value is -2.13. The SMILES string of the molecule is O=C(O)c1cc(S(=O)(=O)O)ccc1C(=O)Oc1cc(Cl)ccc1Cl. The maximum Gasteiger partial charge on any atom is 0.344 e. The highest BCUT2D eigenvalue weighted by molar-refractivity contribution is 7.85. The third-order valence-electron chi connectivity index (χ3n) is 2.84. The summed E-state index contributed by atoms with van der Waals surface area (Å²) < 4.78 is 36.1. The van der Waals surface area contributed by atoms with Gasteiger partial charge in [-0.2, -0.15) is 8.42 Å². The highest BCUT2D eigenvalue weighted by Crippen LogP contribution is 2.29. The van der Waals surface area contributed by atoms with Crippen molar-refractivity contribution in [1.29, 1.82) is 0 Å². The molecule has 2 N–H and O–H groups in total. The molecule has 0 saturated carbocycles. The molecule has 2 rings (SSSR count). The molecule has 24 heavy (non-hydrogen) atoms. The summed E-state index contributed by atoms with van der Waals surface area (Å²) in [4.78, 5) is 22.7. The van der Waals surface area contributed by atoms with E-state index in [9.17, 15) is 18.0 Å². The van der Waals surface area contributed by atoms with Gasteiger partial charge in [-0.25, -0.2) is 9.59 Å². The first-order valence-electron chi connectivity index (χ1n) is 6.11. The number of hydrogen-bond acceptors (Lipinski definition) is 5. The van der Waals surface area contributed by atoms with Crippen LogP contribution in [0.4, 0.5) is 0 Å². The number of benzene rings is 2. The van der Waals surface area contributed by atoms with Crippen molar-refractivity contribution in [2.45, 2.75) is 4.90 Å². The van der Waals surface area contributed by atoms with Gasteiger partial charge in [-0.05, 0) is 30.3 Å². The molecule has 0 spiro atoms. The van der Waals surface area contributed by atoms with Crippen LogP contribution in [-0.4, -0.2) is 30.0 Å². The molecule has 0 bridgehead atoms. The first-order valence-corrected chi connectivity index (χ1v) is 8.31. The lowest BCUT2D eigenvalue weighted by Crippen LogP contribution is -2.15. The molecule has 2 aromatic carbocycles. The molecule has 0 aliphatic carbocycles. The summed E-state index contributed by atoms with van der Waals surface area (Å²) in [6.45, 7) is 0. The number of ether oxygens (including phenoxy) is 1. The van der Waals surface area contributed by atoms with Crippen LogP contribution in [0.25, 0.3) is 0 Å². The van der Waals surface area contributed by atoms with Gasteiger partial charge in [-0.1, -0.05) is 23.2 Å². The van der Waals surface area contributed by atoms with E-state index in [1.807, 2.05) is 0 Å². The Kier molecular flexibility index (Phi) is 5.14. The van der Waals surface area contributed by atoms with Crippen LogP contribution < -0.4 is 4.74 Å². The molecule has 126 valence electrons. The highest BCUT2D eigenvalue weighted by Gasteiger charge is 2.22. The monoisotopic (exact) mass is 390 g/mol. The summed E-state index contributed by atoms with van der Waals surface area (Å²) in [5, 5.41) is 9.45. The largest absolute Gasteiger partial charge is 0.478 e. The normalized spacial score (nSPS) is 11.1. The minimum Gasteiger partial charge on any atom is -0.478 e. The van der Waals surface area contributed by atoms with Gasteiger partial charge in [0.05, 0.1) is 21.0 Å². The number of halogens is 2. The van der Waals surface area contributed by atoms with Crippen LogP contribution in [0.2, 0.25) is 10.0 Å². The molecule has 2 aromatic rings. The van der Waals surface area contributed by atoms with Crippen molar-refractivity contribution in [3.8, 4) is 5.75 Å². The Labute approximate surface area is 146 Å². The lowest BCUT2D eigenvalue weighted by Gasteiger charge is -2.09. The van der Waals surface area contributed by atoms with Gasteiger partial charge in [0.15, 0.2) is 5.75 Å². The van der Waals surface area contributed by atoms with Crippen LogP contribution in [0.3, 0.4) is 0 Å². The molecule has 0 aliphatic heterocycles. The van der Waals surface area contributed by atoms with E-state index in [1.54, 1.807) is 0 Å². The molecule has 0 unspecified atom stereocenters. The Morgan fingerprint density at radius 2 is 1.67 bits per heavy atom. The van der Waals surface area contributed by atoms with Gasteiger partial charge in [0.25, 0.3) is 10.1 Å². The van der Waals surface area contributed by atoms with Crippen LogP contribution in [0.15, 0.2) is 41.3 Å². The average molecular weight is 391 g/mol. The molecule has 0 saturated heterocycles. The third kappa shape index (κ3) is 4.04. The maximum atomic E-state index is 12.2. The number of aromatic carboxylic acids is 1. The summed E-state index contributed by atoms with van der Waals surface area (Å²) in [6, 6.07) is 6.53. The van der Waals surface area contributed by atoms with Crippen molar-refractivity contribution >= 4 is 45.3 Å². The maximum absolute atomic E-state index is 12.2. The lowest BCUT2D eigenvalue weighted by molar-refractivity contribution is 0.0667. The highest BCUT2D eigenvalue weighted by atomic mass is 35.5. The molecule has 0 aliphatic rings. The Morgan fingerprint density at radius 1 is 1.00 bits per heavy atom.